The van der Waals surface area contributed by atoms with Gasteiger partial charge >= 0.3 is 0 Å². The van der Waals surface area contributed by atoms with E-state index < -0.39 is 11.4 Å². The summed E-state index contributed by atoms with van der Waals surface area (Å²) < 4.78 is 14.7. The summed E-state index contributed by atoms with van der Waals surface area (Å²) in [6.45, 7) is 3.82. The highest BCUT2D eigenvalue weighted by atomic mass is 35.5. The fourth-order valence-electron chi connectivity index (χ4n) is 3.99. The molecule has 4 rings (SSSR count). The third kappa shape index (κ3) is 4.42. The van der Waals surface area contributed by atoms with Gasteiger partial charge in [-0.25, -0.2) is 9.37 Å². The number of pyridine rings is 1. The summed E-state index contributed by atoms with van der Waals surface area (Å²) in [5.74, 6) is 0.427. The number of rotatable bonds is 3. The van der Waals surface area contributed by atoms with Gasteiger partial charge in [0.1, 0.15) is 17.3 Å². The summed E-state index contributed by atoms with van der Waals surface area (Å²) in [7, 11) is 2.10. The van der Waals surface area contributed by atoms with Crippen LogP contribution in [0.2, 0.25) is 5.02 Å². The van der Waals surface area contributed by atoms with Crippen LogP contribution in [0.1, 0.15) is 35.8 Å². The number of hydrogen-bond donors (Lipinski definition) is 2. The zero-order valence-corrected chi connectivity index (χ0v) is 19.1. The Morgan fingerprint density at radius 2 is 2.03 bits per heavy atom. The normalized spacial score (nSPS) is 23.4. The molecule has 1 atom stereocenters. The van der Waals surface area contributed by atoms with Gasteiger partial charge in [-0.3, -0.25) is 9.79 Å². The van der Waals surface area contributed by atoms with E-state index in [0.717, 1.165) is 25.9 Å². The molecule has 2 aromatic rings. The Kier molecular flexibility index (Phi) is 5.98. The molecule has 1 aromatic heterocycles. The molecule has 1 unspecified atom stereocenters. The van der Waals surface area contributed by atoms with Crippen LogP contribution in [0.5, 0.6) is 0 Å². The summed E-state index contributed by atoms with van der Waals surface area (Å²) in [5, 5.41) is 3.22. The van der Waals surface area contributed by atoms with Gasteiger partial charge in [0.05, 0.1) is 15.3 Å². The number of hydrogen-bond acceptors (Lipinski definition) is 6. The number of aliphatic imine (C=N–C) groups is 1. The second kappa shape index (κ2) is 8.41. The fraction of sp³-hybridized carbons (Fsp3) is 0.409. The Morgan fingerprint density at radius 1 is 1.29 bits per heavy atom. The van der Waals surface area contributed by atoms with E-state index in [9.17, 15) is 9.18 Å². The Labute approximate surface area is 190 Å². The predicted octanol–water partition coefficient (Wildman–Crippen LogP) is 3.91. The predicted molar refractivity (Wildman–Crippen MR) is 124 cm³/mol. The minimum Gasteiger partial charge on any atom is -0.386 e. The molecule has 6 nitrogen and oxygen atoms in total. The number of amidine groups is 1. The molecule has 0 aliphatic carbocycles. The number of likely N-dealkylation sites (tertiary alicyclic amines) is 1. The lowest BCUT2D eigenvalue weighted by Crippen LogP contribution is -2.53. The second-order valence-electron chi connectivity index (χ2n) is 8.37. The van der Waals surface area contributed by atoms with Crippen LogP contribution in [-0.2, 0) is 5.54 Å². The Balaban J connectivity index is 1.59. The van der Waals surface area contributed by atoms with Crippen molar-refractivity contribution in [3.8, 4) is 0 Å². The van der Waals surface area contributed by atoms with E-state index in [0.29, 0.717) is 27.9 Å². The van der Waals surface area contributed by atoms with Crippen LogP contribution in [0.4, 0.5) is 10.1 Å². The minimum atomic E-state index is -0.813. The molecule has 3 N–H and O–H groups in total. The number of nitrogens with one attached hydrogen (secondary N) is 1. The van der Waals surface area contributed by atoms with Gasteiger partial charge in [-0.2, -0.15) is 0 Å². The summed E-state index contributed by atoms with van der Waals surface area (Å²) in [6, 6.07) is 7.63. The topological polar surface area (TPSA) is 83.6 Å². The molecular formula is C22H25ClFN5OS. The van der Waals surface area contributed by atoms with E-state index in [2.05, 4.69) is 22.2 Å². The number of halogens is 2. The summed E-state index contributed by atoms with van der Waals surface area (Å²) in [6.07, 6.45) is 3.28. The molecule has 0 bridgehead atoms. The summed E-state index contributed by atoms with van der Waals surface area (Å²) >= 11 is 7.59. The molecule has 31 heavy (non-hydrogen) atoms. The number of piperidine rings is 1. The highest BCUT2D eigenvalue weighted by molar-refractivity contribution is 8.01. The van der Waals surface area contributed by atoms with Crippen molar-refractivity contribution in [2.24, 2.45) is 10.7 Å². The van der Waals surface area contributed by atoms with Crippen LogP contribution < -0.4 is 11.1 Å². The highest BCUT2D eigenvalue weighted by Crippen LogP contribution is 2.46. The molecule has 1 aromatic carbocycles. The average molecular weight is 462 g/mol. The molecule has 3 heterocycles. The van der Waals surface area contributed by atoms with Crippen LogP contribution in [0.3, 0.4) is 0 Å². The Hall–Kier alpha value is -2.16. The van der Waals surface area contributed by atoms with Crippen LogP contribution in [0.15, 0.2) is 41.5 Å². The van der Waals surface area contributed by atoms with Crippen molar-refractivity contribution < 1.29 is 9.18 Å². The first-order chi connectivity index (χ1) is 14.7. The lowest BCUT2D eigenvalue weighted by atomic mass is 9.90. The number of nitrogens with two attached hydrogens (primary N) is 1. The van der Waals surface area contributed by atoms with Crippen LogP contribution in [0, 0.1) is 5.82 Å². The molecule has 0 radical (unpaired) electrons. The molecular weight excluding hydrogens is 437 g/mol. The average Bonchev–Trinajstić information content (AvgIpc) is 2.75. The van der Waals surface area contributed by atoms with E-state index in [1.807, 2.05) is 6.92 Å². The monoisotopic (exact) mass is 461 g/mol. The molecule has 2 aliphatic rings. The number of aromatic nitrogens is 1. The van der Waals surface area contributed by atoms with E-state index in [-0.39, 0.29) is 16.3 Å². The Bertz CT molecular complexity index is 1020. The van der Waals surface area contributed by atoms with Crippen LogP contribution >= 0.6 is 23.4 Å². The molecule has 0 saturated carbocycles. The molecule has 9 heteroatoms. The molecule has 1 fully saturated rings. The highest BCUT2D eigenvalue weighted by Gasteiger charge is 2.45. The number of carbonyl (C=O) groups is 1. The Morgan fingerprint density at radius 3 is 2.68 bits per heavy atom. The quantitative estimate of drug-likeness (QED) is 0.724. The second-order valence-corrected chi connectivity index (χ2v) is 10.2. The van der Waals surface area contributed by atoms with Crippen molar-refractivity contribution in [3.63, 3.8) is 0 Å². The van der Waals surface area contributed by atoms with Crippen molar-refractivity contribution in [3.05, 3.63) is 58.6 Å². The van der Waals surface area contributed by atoms with Crippen LogP contribution in [-0.4, -0.2) is 52.3 Å². The van der Waals surface area contributed by atoms with Gasteiger partial charge < -0.3 is 16.0 Å². The number of nitrogens with zero attached hydrogens (tertiary/aromatic N) is 3. The van der Waals surface area contributed by atoms with Gasteiger partial charge in [-0.05, 0) is 70.2 Å². The number of anilines is 1. The van der Waals surface area contributed by atoms with Crippen molar-refractivity contribution in [1.29, 1.82) is 0 Å². The molecule has 164 valence electrons. The molecule has 2 aliphatic heterocycles. The maximum absolute atomic E-state index is 14.9. The first-order valence-corrected chi connectivity index (χ1v) is 11.5. The summed E-state index contributed by atoms with van der Waals surface area (Å²) in [4.78, 5) is 23.6. The van der Waals surface area contributed by atoms with Crippen molar-refractivity contribution in [1.82, 2.24) is 9.88 Å². The minimum absolute atomic E-state index is 0.172. The maximum Gasteiger partial charge on any atom is 0.274 e. The van der Waals surface area contributed by atoms with E-state index >= 15 is 0 Å². The van der Waals surface area contributed by atoms with E-state index in [1.165, 1.54) is 24.4 Å². The van der Waals surface area contributed by atoms with Gasteiger partial charge in [0.2, 0.25) is 0 Å². The van der Waals surface area contributed by atoms with E-state index in [1.54, 1.807) is 23.9 Å². The summed E-state index contributed by atoms with van der Waals surface area (Å²) in [5.41, 5.74) is 6.75. The zero-order valence-electron chi connectivity index (χ0n) is 17.5. The molecule has 1 amide bonds. The van der Waals surface area contributed by atoms with Crippen LogP contribution in [0.25, 0.3) is 0 Å². The van der Waals surface area contributed by atoms with Gasteiger partial charge in [0.25, 0.3) is 5.91 Å². The lowest BCUT2D eigenvalue weighted by molar-refractivity contribution is 0.102. The number of amides is 1. The fourth-order valence-corrected chi connectivity index (χ4v) is 5.55. The van der Waals surface area contributed by atoms with E-state index in [4.69, 9.17) is 22.3 Å². The zero-order chi connectivity index (χ0) is 22.2. The van der Waals surface area contributed by atoms with Gasteiger partial charge in [-0.1, -0.05) is 11.6 Å². The SMILES string of the molecule is CN1CCC2(CC1)SCC(C)(c1cc(NC(=O)c3ccc(Cl)cn3)ccc1F)N=C2N. The third-order valence-electron chi connectivity index (χ3n) is 6.02. The number of benzene rings is 1. The first-order valence-electron chi connectivity index (χ1n) is 10.1. The standard InChI is InChI=1S/C22H25ClFN5OS/c1-21(13-31-22(20(25)28-21)7-9-29(2)10-8-22)16-11-15(4-5-17(16)24)27-19(30)18-6-3-14(23)12-26-18/h3-6,11-12H,7-10,13H2,1-2H3,(H2,25,28)(H,27,30). The van der Waals surface area contributed by atoms with Crippen molar-refractivity contribution in [2.45, 2.75) is 30.1 Å². The lowest BCUT2D eigenvalue weighted by Gasteiger charge is -2.45. The van der Waals surface area contributed by atoms with Gasteiger partial charge in [0, 0.05) is 23.2 Å². The largest absolute Gasteiger partial charge is 0.386 e. The first kappa shape index (κ1) is 22.0. The van der Waals surface area contributed by atoms with Gasteiger partial charge in [0.15, 0.2) is 0 Å². The molecule has 1 spiro atoms. The molecule has 1 saturated heterocycles. The maximum atomic E-state index is 14.9. The third-order valence-corrected chi connectivity index (χ3v) is 8.12. The smallest absolute Gasteiger partial charge is 0.274 e. The van der Waals surface area contributed by atoms with Crippen molar-refractivity contribution >= 4 is 40.8 Å². The number of thioether (sulfide) groups is 1. The van der Waals surface area contributed by atoms with Crippen molar-refractivity contribution in [2.75, 3.05) is 31.2 Å². The van der Waals surface area contributed by atoms with Gasteiger partial charge in [-0.15, -0.1) is 11.8 Å². The number of carbonyl (C=O) groups excluding carboxylic acids is 1.